The number of nitrogen functional groups attached to an aromatic ring is 1. The second-order valence-corrected chi connectivity index (χ2v) is 4.03. The number of hydrogen-bond donors (Lipinski definition) is 3. The minimum absolute atomic E-state index is 0.0844. The second kappa shape index (κ2) is 4.82. The molecule has 0 amide bonds. The number of anilines is 1. The lowest BCUT2D eigenvalue weighted by Gasteiger charge is -2.14. The minimum Gasteiger partial charge on any atom is -0.396 e. The van der Waals surface area contributed by atoms with Crippen molar-refractivity contribution in [1.29, 1.82) is 0 Å². The van der Waals surface area contributed by atoms with Crippen LogP contribution in [0.15, 0.2) is 17.1 Å². The summed E-state index contributed by atoms with van der Waals surface area (Å²) in [4.78, 5) is 15.2. The third-order valence-corrected chi connectivity index (χ3v) is 2.94. The Morgan fingerprint density at radius 2 is 2.29 bits per heavy atom. The second-order valence-electron chi connectivity index (χ2n) is 4.03. The van der Waals surface area contributed by atoms with E-state index in [2.05, 4.69) is 4.98 Å². The fraction of sp³-hybridized carbons (Fsp3) is 0.600. The molecule has 7 heteroatoms. The van der Waals surface area contributed by atoms with Crippen molar-refractivity contribution in [2.45, 2.75) is 18.8 Å². The first-order valence-corrected chi connectivity index (χ1v) is 5.37. The van der Waals surface area contributed by atoms with Crippen LogP contribution in [0.25, 0.3) is 0 Å². The van der Waals surface area contributed by atoms with Crippen molar-refractivity contribution in [3.8, 4) is 0 Å². The van der Waals surface area contributed by atoms with Crippen LogP contribution in [-0.2, 0) is 4.74 Å². The molecule has 3 atom stereocenters. The van der Waals surface area contributed by atoms with Crippen molar-refractivity contribution in [3.05, 3.63) is 22.7 Å². The molecule has 0 spiro atoms. The largest absolute Gasteiger partial charge is 0.396 e. The number of nitrogens with zero attached hydrogens (tertiary/aromatic N) is 2. The van der Waals surface area contributed by atoms with E-state index in [1.54, 1.807) is 0 Å². The van der Waals surface area contributed by atoms with Crippen LogP contribution in [0.2, 0.25) is 0 Å². The molecule has 0 aromatic carbocycles. The Bertz CT molecular complexity index is 435. The summed E-state index contributed by atoms with van der Waals surface area (Å²) in [6.45, 7) is -0.266. The van der Waals surface area contributed by atoms with Gasteiger partial charge in [-0.15, -0.1) is 0 Å². The van der Waals surface area contributed by atoms with Crippen LogP contribution in [0.5, 0.6) is 0 Å². The van der Waals surface area contributed by atoms with Gasteiger partial charge in [0.1, 0.15) is 12.0 Å². The van der Waals surface area contributed by atoms with Gasteiger partial charge < -0.3 is 20.7 Å². The molecular formula is C10H15N3O4. The normalized spacial score (nSPS) is 28.5. The van der Waals surface area contributed by atoms with Crippen LogP contribution < -0.4 is 11.4 Å². The average molecular weight is 241 g/mol. The zero-order valence-electron chi connectivity index (χ0n) is 9.19. The molecule has 0 bridgehead atoms. The van der Waals surface area contributed by atoms with Crippen LogP contribution in [0.1, 0.15) is 12.6 Å². The fourth-order valence-electron chi connectivity index (χ4n) is 1.99. The maximum Gasteiger partial charge on any atom is 0.351 e. The van der Waals surface area contributed by atoms with E-state index in [4.69, 9.17) is 20.7 Å². The van der Waals surface area contributed by atoms with Gasteiger partial charge in [-0.05, 0) is 6.07 Å². The zero-order valence-corrected chi connectivity index (χ0v) is 9.19. The number of aliphatic hydroxyl groups excluding tert-OH is 2. The lowest BCUT2D eigenvalue weighted by molar-refractivity contribution is -0.0365. The highest BCUT2D eigenvalue weighted by Gasteiger charge is 2.35. The standard InChI is InChI=1S/C10H15N3O4/c11-8-1-2-13(10(16)12-8)9-3-6(4-14)7(5-15)17-9/h1-2,6-7,9,14-15H,3-5H2,(H2,11,12,16)/t6?,7-,9-/m1/s1. The van der Waals surface area contributed by atoms with Crippen molar-refractivity contribution in [3.63, 3.8) is 0 Å². The number of rotatable bonds is 3. The molecule has 94 valence electrons. The van der Waals surface area contributed by atoms with Gasteiger partial charge in [0.05, 0.1) is 12.7 Å². The average Bonchev–Trinajstić information content (AvgIpc) is 2.72. The van der Waals surface area contributed by atoms with Gasteiger partial charge >= 0.3 is 5.69 Å². The Kier molecular flexibility index (Phi) is 3.41. The van der Waals surface area contributed by atoms with E-state index >= 15 is 0 Å². The van der Waals surface area contributed by atoms with Gasteiger partial charge in [-0.25, -0.2) is 4.79 Å². The Labute approximate surface area is 97.5 Å². The molecule has 1 aromatic heterocycles. The molecule has 2 rings (SSSR count). The lowest BCUT2D eigenvalue weighted by Crippen LogP contribution is -2.27. The maximum atomic E-state index is 11.6. The highest BCUT2D eigenvalue weighted by atomic mass is 16.5. The summed E-state index contributed by atoms with van der Waals surface area (Å²) in [5, 5.41) is 18.2. The third kappa shape index (κ3) is 2.31. The summed E-state index contributed by atoms with van der Waals surface area (Å²) in [6.07, 6.45) is 1.01. The fourth-order valence-corrected chi connectivity index (χ4v) is 1.99. The van der Waals surface area contributed by atoms with Gasteiger partial charge in [-0.3, -0.25) is 4.57 Å². The third-order valence-electron chi connectivity index (χ3n) is 2.94. The molecular weight excluding hydrogens is 226 g/mol. The van der Waals surface area contributed by atoms with Crippen LogP contribution in [-0.4, -0.2) is 39.1 Å². The van der Waals surface area contributed by atoms with Crippen LogP contribution in [0, 0.1) is 5.92 Å². The smallest absolute Gasteiger partial charge is 0.351 e. The van der Waals surface area contributed by atoms with Gasteiger partial charge in [-0.1, -0.05) is 0 Å². The topological polar surface area (TPSA) is 111 Å². The Morgan fingerprint density at radius 1 is 1.53 bits per heavy atom. The zero-order chi connectivity index (χ0) is 12.4. The molecule has 0 aliphatic carbocycles. The molecule has 1 unspecified atom stereocenters. The molecule has 4 N–H and O–H groups in total. The highest BCUT2D eigenvalue weighted by Crippen LogP contribution is 2.31. The first-order valence-electron chi connectivity index (χ1n) is 5.37. The summed E-state index contributed by atoms with van der Waals surface area (Å²) >= 11 is 0. The van der Waals surface area contributed by atoms with Crippen molar-refractivity contribution in [2.24, 2.45) is 5.92 Å². The summed E-state index contributed by atoms with van der Waals surface area (Å²) in [5.74, 6) is -0.0175. The van der Waals surface area contributed by atoms with Gasteiger partial charge in [0, 0.05) is 25.1 Å². The molecule has 1 aromatic rings. The molecule has 17 heavy (non-hydrogen) atoms. The SMILES string of the molecule is Nc1ccn([C@H]2CC(CO)[C@@H](CO)O2)c(=O)n1. The number of hydrogen-bond acceptors (Lipinski definition) is 6. The van der Waals surface area contributed by atoms with Crippen LogP contribution in [0.3, 0.4) is 0 Å². The van der Waals surface area contributed by atoms with Crippen LogP contribution in [0.4, 0.5) is 5.82 Å². The van der Waals surface area contributed by atoms with E-state index in [1.807, 2.05) is 0 Å². The maximum absolute atomic E-state index is 11.6. The van der Waals surface area contributed by atoms with Crippen molar-refractivity contribution in [2.75, 3.05) is 18.9 Å². The molecule has 7 nitrogen and oxygen atoms in total. The van der Waals surface area contributed by atoms with E-state index in [0.29, 0.717) is 6.42 Å². The quantitative estimate of drug-likeness (QED) is 0.607. The minimum atomic E-state index is -0.509. The van der Waals surface area contributed by atoms with E-state index in [-0.39, 0.29) is 24.9 Å². The number of aromatic nitrogens is 2. The molecule has 1 fully saturated rings. The molecule has 1 aliphatic rings. The number of ether oxygens (including phenoxy) is 1. The summed E-state index contributed by atoms with van der Waals surface area (Å²) in [7, 11) is 0. The van der Waals surface area contributed by atoms with Crippen molar-refractivity contribution >= 4 is 5.82 Å². The van der Waals surface area contributed by atoms with E-state index in [0.717, 1.165) is 0 Å². The summed E-state index contributed by atoms with van der Waals surface area (Å²) in [6, 6.07) is 1.50. The van der Waals surface area contributed by atoms with Gasteiger partial charge in [0.25, 0.3) is 0 Å². The van der Waals surface area contributed by atoms with E-state index in [1.165, 1.54) is 16.8 Å². The predicted octanol–water partition coefficient (Wildman–Crippen LogP) is -1.29. The van der Waals surface area contributed by atoms with Gasteiger partial charge in [0.2, 0.25) is 0 Å². The summed E-state index contributed by atoms with van der Waals surface area (Å²) in [5.41, 5.74) is 4.89. The van der Waals surface area contributed by atoms with Gasteiger partial charge in [0.15, 0.2) is 0 Å². The predicted molar refractivity (Wildman–Crippen MR) is 59.1 cm³/mol. The highest BCUT2D eigenvalue weighted by molar-refractivity contribution is 5.23. The monoisotopic (exact) mass is 241 g/mol. The number of aliphatic hydroxyl groups is 2. The van der Waals surface area contributed by atoms with Crippen molar-refractivity contribution in [1.82, 2.24) is 9.55 Å². The molecule has 1 aliphatic heterocycles. The van der Waals surface area contributed by atoms with Gasteiger partial charge in [-0.2, -0.15) is 4.98 Å². The van der Waals surface area contributed by atoms with Crippen LogP contribution >= 0.6 is 0 Å². The summed E-state index contributed by atoms with van der Waals surface area (Å²) < 4.78 is 6.81. The first kappa shape index (κ1) is 12.0. The lowest BCUT2D eigenvalue weighted by atomic mass is 10.0. The Hall–Kier alpha value is -1.44. The van der Waals surface area contributed by atoms with E-state index in [9.17, 15) is 4.79 Å². The number of nitrogens with two attached hydrogens (primary N) is 1. The molecule has 1 saturated heterocycles. The Morgan fingerprint density at radius 3 is 2.82 bits per heavy atom. The first-order chi connectivity index (χ1) is 8.15. The molecule has 0 saturated carbocycles. The molecule has 0 radical (unpaired) electrons. The van der Waals surface area contributed by atoms with E-state index < -0.39 is 18.0 Å². The van der Waals surface area contributed by atoms with Crippen molar-refractivity contribution < 1.29 is 14.9 Å². The Balaban J connectivity index is 2.22. The molecule has 2 heterocycles.